The van der Waals surface area contributed by atoms with Gasteiger partial charge >= 0.3 is 0 Å². The Balaban J connectivity index is 1.12. The van der Waals surface area contributed by atoms with E-state index in [0.717, 1.165) is 62.9 Å². The molecule has 0 aromatic heterocycles. The number of carbonyl (C=O) groups excluding carboxylic acids is 1. The highest BCUT2D eigenvalue weighted by Crippen LogP contribution is 2.51. The van der Waals surface area contributed by atoms with Crippen LogP contribution in [0.1, 0.15) is 61.4 Å². The highest BCUT2D eigenvalue weighted by molar-refractivity contribution is 5.95. The predicted molar refractivity (Wildman–Crippen MR) is 122 cm³/mol. The highest BCUT2D eigenvalue weighted by atomic mass is 17.4. The monoisotopic (exact) mass is 479 g/mol. The summed E-state index contributed by atoms with van der Waals surface area (Å²) in [6.45, 7) is 5.99. The van der Waals surface area contributed by atoms with Gasteiger partial charge in [0.05, 0.1) is 19.3 Å². The van der Waals surface area contributed by atoms with Crippen LogP contribution in [0.2, 0.25) is 0 Å². The van der Waals surface area contributed by atoms with E-state index in [2.05, 4.69) is 17.2 Å². The molecule has 1 aromatic rings. The molecule has 2 atom stereocenters. The number of rotatable bonds is 11. The number of carbonyl (C=O) groups is 1. The quantitative estimate of drug-likeness (QED) is 0.324. The fraction of sp³-hybridized carbons (Fsp3) is 0.708. The van der Waals surface area contributed by atoms with Gasteiger partial charge < -0.3 is 20.3 Å². The van der Waals surface area contributed by atoms with Crippen LogP contribution in [0.25, 0.3) is 0 Å². The average molecular weight is 480 g/mol. The molecule has 10 nitrogen and oxygen atoms in total. The van der Waals surface area contributed by atoms with E-state index in [0.29, 0.717) is 18.1 Å². The van der Waals surface area contributed by atoms with E-state index < -0.39 is 6.10 Å². The maximum atomic E-state index is 12.2. The molecule has 2 heterocycles. The fourth-order valence-corrected chi connectivity index (χ4v) is 4.27. The van der Waals surface area contributed by atoms with Gasteiger partial charge in [0.2, 0.25) is 6.29 Å². The van der Waals surface area contributed by atoms with Crippen molar-refractivity contribution in [3.8, 4) is 5.75 Å². The summed E-state index contributed by atoms with van der Waals surface area (Å²) < 4.78 is 5.90. The zero-order chi connectivity index (χ0) is 24.1. The lowest BCUT2D eigenvalue weighted by Crippen LogP contribution is -2.45. The number of piperidine rings is 1. The molecule has 0 radical (unpaired) electrons. The summed E-state index contributed by atoms with van der Waals surface area (Å²) >= 11 is 0. The third kappa shape index (κ3) is 6.45. The Morgan fingerprint density at radius 3 is 2.76 bits per heavy atom. The van der Waals surface area contributed by atoms with Gasteiger partial charge in [0.1, 0.15) is 5.75 Å². The van der Waals surface area contributed by atoms with Crippen molar-refractivity contribution in [2.75, 3.05) is 32.8 Å². The van der Waals surface area contributed by atoms with Gasteiger partial charge in [0, 0.05) is 35.9 Å². The topological polar surface area (TPSA) is 113 Å². The molecule has 1 saturated carbocycles. The molecule has 3 fully saturated rings. The normalized spacial score (nSPS) is 24.2. The lowest BCUT2D eigenvalue weighted by molar-refractivity contribution is -0.487. The van der Waals surface area contributed by atoms with Crippen LogP contribution in [0.3, 0.4) is 0 Å². The van der Waals surface area contributed by atoms with Crippen LogP contribution in [0.15, 0.2) is 18.2 Å². The van der Waals surface area contributed by atoms with Crippen LogP contribution >= 0.6 is 0 Å². The maximum absolute atomic E-state index is 12.2. The van der Waals surface area contributed by atoms with E-state index in [4.69, 9.17) is 24.6 Å². The van der Waals surface area contributed by atoms with Crippen molar-refractivity contribution in [1.29, 1.82) is 0 Å². The van der Waals surface area contributed by atoms with E-state index in [1.165, 1.54) is 5.34 Å². The first-order valence-electron chi connectivity index (χ1n) is 12.2. The van der Waals surface area contributed by atoms with Crippen LogP contribution in [-0.4, -0.2) is 71.7 Å². The fourth-order valence-electron chi connectivity index (χ4n) is 4.27. The highest BCUT2D eigenvalue weighted by Gasteiger charge is 2.52. The Bertz CT molecular complexity index is 827. The number of aliphatic hydroxyl groups is 2. The van der Waals surface area contributed by atoms with Crippen molar-refractivity contribution >= 4 is 5.91 Å². The molecule has 2 unspecified atom stereocenters. The van der Waals surface area contributed by atoms with E-state index in [1.807, 2.05) is 13.0 Å². The van der Waals surface area contributed by atoms with Gasteiger partial charge in [-0.1, -0.05) is 11.9 Å². The number of nitrogens with one attached hydrogen (secondary N) is 1. The second-order valence-electron chi connectivity index (χ2n) is 9.91. The number of benzene rings is 1. The van der Waals surface area contributed by atoms with Crippen LogP contribution in [0.5, 0.6) is 5.75 Å². The number of hydrogen-bond acceptors (Lipinski definition) is 9. The molecule has 1 aromatic carbocycles. The van der Waals surface area contributed by atoms with E-state index in [1.54, 1.807) is 12.1 Å². The van der Waals surface area contributed by atoms with Gasteiger partial charge in [-0.25, -0.2) is 4.84 Å². The van der Waals surface area contributed by atoms with Gasteiger partial charge in [-0.05, 0) is 75.1 Å². The van der Waals surface area contributed by atoms with Gasteiger partial charge in [-0.2, -0.15) is 9.90 Å². The average Bonchev–Trinajstić information content (AvgIpc) is 3.39. The predicted octanol–water partition coefficient (Wildman–Crippen LogP) is 2.10. The van der Waals surface area contributed by atoms with E-state index >= 15 is 0 Å². The molecule has 0 spiro atoms. The van der Waals surface area contributed by atoms with Crippen LogP contribution < -0.4 is 10.1 Å². The van der Waals surface area contributed by atoms with Crippen molar-refractivity contribution in [2.24, 2.45) is 11.3 Å². The Morgan fingerprint density at radius 2 is 2.09 bits per heavy atom. The third-order valence-electron chi connectivity index (χ3n) is 6.99. The zero-order valence-electron chi connectivity index (χ0n) is 20.1. The largest absolute Gasteiger partial charge is 0.494 e. The molecule has 3 N–H and O–H groups in total. The lowest BCUT2D eigenvalue weighted by Gasteiger charge is -2.33. The van der Waals surface area contributed by atoms with Gasteiger partial charge in [0.25, 0.3) is 5.91 Å². The SMILES string of the molecule is Cc1cc(OCCCC2CCN(N3OOC(C4(C)CC4)O3)CC2)ccc1C(=O)NCC(O)CO. The summed E-state index contributed by atoms with van der Waals surface area (Å²) in [5, 5.41) is 24.3. The summed E-state index contributed by atoms with van der Waals surface area (Å²) in [4.78, 5) is 28.7. The number of aryl methyl sites for hydroxylation is 1. The van der Waals surface area contributed by atoms with Crippen molar-refractivity contribution in [2.45, 2.75) is 64.8 Å². The smallest absolute Gasteiger partial charge is 0.251 e. The number of nitrogens with zero attached hydrogens (tertiary/aromatic N) is 2. The summed E-state index contributed by atoms with van der Waals surface area (Å²) in [5.74, 6) is 1.10. The van der Waals surface area contributed by atoms with Crippen molar-refractivity contribution in [3.63, 3.8) is 0 Å². The number of amides is 1. The Morgan fingerprint density at radius 1 is 1.32 bits per heavy atom. The van der Waals surface area contributed by atoms with Crippen molar-refractivity contribution in [3.05, 3.63) is 29.3 Å². The second-order valence-corrected chi connectivity index (χ2v) is 9.91. The molecule has 1 aliphatic carbocycles. The molecule has 34 heavy (non-hydrogen) atoms. The molecule has 1 amide bonds. The molecule has 0 bridgehead atoms. The van der Waals surface area contributed by atoms with Crippen LogP contribution in [0, 0.1) is 18.3 Å². The standard InChI is InChI=1S/C24H37N3O7/c1-17-14-20(5-6-21(17)22(30)25-15-19(29)16-28)31-13-3-4-18-7-11-26(12-8-18)27-32-23(33-34-27)24(2)9-10-24/h5-6,14,18-19,23,28-29H,3-4,7-13,15-16H2,1-2H3,(H,25,30). The minimum Gasteiger partial charge on any atom is -0.494 e. The number of hydrogen-bond donors (Lipinski definition) is 3. The molecule has 4 rings (SSSR count). The van der Waals surface area contributed by atoms with Gasteiger partial charge in [-0.3, -0.25) is 4.79 Å². The lowest BCUT2D eigenvalue weighted by atomic mass is 9.93. The van der Waals surface area contributed by atoms with Crippen molar-refractivity contribution in [1.82, 2.24) is 15.7 Å². The van der Waals surface area contributed by atoms with Crippen LogP contribution in [-0.2, 0) is 14.7 Å². The number of ether oxygens (including phenoxy) is 1. The van der Waals surface area contributed by atoms with E-state index in [9.17, 15) is 9.90 Å². The Labute approximate surface area is 200 Å². The van der Waals surface area contributed by atoms with Crippen LogP contribution in [0.4, 0.5) is 0 Å². The molecule has 2 aliphatic heterocycles. The number of hydrazine groups is 1. The van der Waals surface area contributed by atoms with Crippen molar-refractivity contribution < 1.29 is 34.5 Å². The molecule has 2 saturated heterocycles. The molecule has 3 aliphatic rings. The minimum atomic E-state index is -0.960. The Hall–Kier alpha value is -1.79. The first kappa shape index (κ1) is 25.3. The zero-order valence-corrected chi connectivity index (χ0v) is 20.1. The van der Waals surface area contributed by atoms with Gasteiger partial charge in [0.15, 0.2) is 0 Å². The maximum Gasteiger partial charge on any atom is 0.251 e. The first-order chi connectivity index (χ1) is 16.4. The summed E-state index contributed by atoms with van der Waals surface area (Å²) in [7, 11) is 0. The molecular weight excluding hydrogens is 442 g/mol. The Kier molecular flexibility index (Phi) is 8.41. The number of aliphatic hydroxyl groups excluding tert-OH is 2. The third-order valence-corrected chi connectivity index (χ3v) is 6.99. The summed E-state index contributed by atoms with van der Waals surface area (Å²) in [6.07, 6.45) is 5.14. The van der Waals surface area contributed by atoms with Gasteiger partial charge in [-0.15, -0.1) is 0 Å². The molecule has 190 valence electrons. The first-order valence-corrected chi connectivity index (χ1v) is 12.2. The molecule has 10 heteroatoms. The summed E-state index contributed by atoms with van der Waals surface area (Å²) in [6, 6.07) is 5.36. The second kappa shape index (κ2) is 11.3. The minimum absolute atomic E-state index is 0.0117. The summed E-state index contributed by atoms with van der Waals surface area (Å²) in [5.41, 5.74) is 1.41. The molecular formula is C24H37N3O7. The van der Waals surface area contributed by atoms with E-state index in [-0.39, 0.29) is 30.8 Å².